The molecule has 0 aromatic heterocycles. The monoisotopic (exact) mass is 611 g/mol. The van der Waals surface area contributed by atoms with Crippen molar-refractivity contribution in [2.75, 3.05) is 26.2 Å². The van der Waals surface area contributed by atoms with E-state index in [4.69, 9.17) is 11.2 Å². The normalized spacial score (nSPS) is 19.1. The Kier molecular flexibility index (Phi) is 10.2. The van der Waals surface area contributed by atoms with Gasteiger partial charge >= 0.3 is 0 Å². The van der Waals surface area contributed by atoms with E-state index >= 15 is 0 Å². The number of hydrogen-bond acceptors (Lipinski definition) is 5. The van der Waals surface area contributed by atoms with Gasteiger partial charge in [0.05, 0.1) is 18.8 Å². The molecule has 0 spiro atoms. The van der Waals surface area contributed by atoms with Crippen LogP contribution in [0, 0.1) is 25.1 Å². The zero-order valence-corrected chi connectivity index (χ0v) is 26.1. The summed E-state index contributed by atoms with van der Waals surface area (Å²) in [6, 6.07) is 16.7. The maximum atomic E-state index is 14.7. The number of rotatable bonds is 7. The lowest BCUT2D eigenvalue weighted by Gasteiger charge is -2.28. The molecular weight excluding hydrogens is 569 g/mol. The first-order valence-electron chi connectivity index (χ1n) is 15.8. The Balaban J connectivity index is 1.43. The van der Waals surface area contributed by atoms with Gasteiger partial charge in [-0.15, -0.1) is 6.42 Å². The van der Waals surface area contributed by atoms with Crippen molar-refractivity contribution in [3.8, 4) is 18.1 Å². The standard InChI is InChI=1S/C37H42FN3O4/c1-4-13-41-14-6-7-15-45-32-20-27(19-31(38)23-32)21-33(40-35(43)28-16-25(3)17-29(22-28)36(41)44)34(42)24-39-37(11-12-37)30-10-8-9-26(5-2)18-30/h2,8-10,16-20,22-23,33-34,39,42H,4,6-7,11-15,21,24H2,1,3H3,(H,40,43)/t33-,34+/m0/s1. The van der Waals surface area contributed by atoms with Crippen LogP contribution in [0.5, 0.6) is 5.75 Å². The quantitative estimate of drug-likeness (QED) is 0.323. The summed E-state index contributed by atoms with van der Waals surface area (Å²) < 4.78 is 20.6. The lowest BCUT2D eigenvalue weighted by Crippen LogP contribution is -2.50. The van der Waals surface area contributed by atoms with E-state index in [-0.39, 0.29) is 24.4 Å². The van der Waals surface area contributed by atoms with Crippen LogP contribution in [0.15, 0.2) is 60.7 Å². The number of amides is 2. The molecule has 236 valence electrons. The molecule has 8 heteroatoms. The van der Waals surface area contributed by atoms with Gasteiger partial charge in [0.25, 0.3) is 11.8 Å². The molecule has 3 N–H and O–H groups in total. The fourth-order valence-electron chi connectivity index (χ4n) is 6.05. The Morgan fingerprint density at radius 2 is 1.93 bits per heavy atom. The third-order valence-corrected chi connectivity index (χ3v) is 8.61. The van der Waals surface area contributed by atoms with E-state index in [0.717, 1.165) is 42.4 Å². The number of carbonyl (C=O) groups excluding carboxylic acids is 2. The fourth-order valence-corrected chi connectivity index (χ4v) is 6.05. The number of hydrogen-bond donors (Lipinski definition) is 3. The summed E-state index contributed by atoms with van der Waals surface area (Å²) in [6.07, 6.45) is 8.79. The molecule has 7 nitrogen and oxygen atoms in total. The van der Waals surface area contributed by atoms with Crippen molar-refractivity contribution in [3.63, 3.8) is 0 Å². The third-order valence-electron chi connectivity index (χ3n) is 8.61. The summed E-state index contributed by atoms with van der Waals surface area (Å²) in [5, 5.41) is 18.0. The maximum absolute atomic E-state index is 14.7. The van der Waals surface area contributed by atoms with Gasteiger partial charge in [-0.25, -0.2) is 4.39 Å². The minimum absolute atomic E-state index is 0.127. The van der Waals surface area contributed by atoms with Crippen molar-refractivity contribution in [2.24, 2.45) is 0 Å². The smallest absolute Gasteiger partial charge is 0.253 e. The molecule has 5 rings (SSSR count). The SMILES string of the molecule is C#Cc1cccc(C2(NC[C@@H](O)[C@@H]3Cc4cc(F)cc(c4)OCCCCN(CCC)C(=O)c4cc(C)cc(c4)C(=O)N3)CC2)c1. The fraction of sp³-hybridized carbons (Fsp3) is 0.405. The molecular formula is C37H42FN3O4. The van der Waals surface area contributed by atoms with Crippen molar-refractivity contribution in [1.29, 1.82) is 0 Å². The number of aliphatic hydroxyl groups excluding tert-OH is 1. The predicted octanol–water partition coefficient (Wildman–Crippen LogP) is 5.12. The third kappa shape index (κ3) is 8.10. The number of fused-ring (bicyclic) bond motifs is 4. The van der Waals surface area contributed by atoms with Gasteiger partial charge < -0.3 is 25.4 Å². The molecule has 4 bridgehead atoms. The van der Waals surface area contributed by atoms with E-state index in [2.05, 4.69) is 16.6 Å². The van der Waals surface area contributed by atoms with Gasteiger partial charge in [0.2, 0.25) is 0 Å². The first kappa shape index (κ1) is 32.2. The highest BCUT2D eigenvalue weighted by atomic mass is 19.1. The largest absolute Gasteiger partial charge is 0.493 e. The lowest BCUT2D eigenvalue weighted by molar-refractivity contribution is 0.0750. The van der Waals surface area contributed by atoms with E-state index in [1.807, 2.05) is 38.1 Å². The highest BCUT2D eigenvalue weighted by molar-refractivity contribution is 6.00. The average Bonchev–Trinajstić information content (AvgIpc) is 3.82. The van der Waals surface area contributed by atoms with E-state index < -0.39 is 23.9 Å². The predicted molar refractivity (Wildman–Crippen MR) is 173 cm³/mol. The van der Waals surface area contributed by atoms with Crippen molar-refractivity contribution < 1.29 is 23.8 Å². The van der Waals surface area contributed by atoms with Crippen LogP contribution < -0.4 is 15.4 Å². The minimum Gasteiger partial charge on any atom is -0.493 e. The number of aryl methyl sites for hydroxylation is 1. The van der Waals surface area contributed by atoms with Gasteiger partial charge in [0.1, 0.15) is 11.6 Å². The molecule has 2 amide bonds. The Hall–Kier alpha value is -4.19. The summed E-state index contributed by atoms with van der Waals surface area (Å²) in [4.78, 5) is 29.1. The van der Waals surface area contributed by atoms with E-state index in [9.17, 15) is 19.1 Å². The molecule has 0 unspecified atom stereocenters. The summed E-state index contributed by atoms with van der Waals surface area (Å²) in [5.74, 6) is 2.07. The second-order valence-electron chi connectivity index (χ2n) is 12.3. The lowest BCUT2D eigenvalue weighted by atomic mass is 9.98. The zero-order chi connectivity index (χ0) is 32.0. The summed E-state index contributed by atoms with van der Waals surface area (Å²) in [5.41, 5.74) is 3.71. The van der Waals surface area contributed by atoms with Gasteiger partial charge in [0.15, 0.2) is 0 Å². The Morgan fingerprint density at radius 1 is 1.13 bits per heavy atom. The number of ether oxygens (including phenoxy) is 1. The van der Waals surface area contributed by atoms with Crippen LogP contribution in [0.3, 0.4) is 0 Å². The van der Waals surface area contributed by atoms with Crippen LogP contribution in [-0.2, 0) is 12.0 Å². The second kappa shape index (κ2) is 14.3. The molecule has 0 saturated heterocycles. The van der Waals surface area contributed by atoms with Crippen LogP contribution in [0.2, 0.25) is 0 Å². The van der Waals surface area contributed by atoms with Crippen LogP contribution in [0.25, 0.3) is 0 Å². The van der Waals surface area contributed by atoms with Crippen molar-refractivity contribution in [3.05, 3.63) is 99.9 Å². The van der Waals surface area contributed by atoms with Gasteiger partial charge in [-0.05, 0) is 105 Å². The molecule has 2 atom stereocenters. The highest BCUT2D eigenvalue weighted by Crippen LogP contribution is 2.45. The summed E-state index contributed by atoms with van der Waals surface area (Å²) in [7, 11) is 0. The van der Waals surface area contributed by atoms with E-state index in [0.29, 0.717) is 48.6 Å². The van der Waals surface area contributed by atoms with E-state index in [1.54, 1.807) is 29.2 Å². The van der Waals surface area contributed by atoms with Crippen LogP contribution in [0.4, 0.5) is 4.39 Å². The average molecular weight is 612 g/mol. The molecule has 1 saturated carbocycles. The molecule has 1 fully saturated rings. The molecule has 3 aromatic rings. The number of benzene rings is 3. The van der Waals surface area contributed by atoms with Crippen molar-refractivity contribution in [1.82, 2.24) is 15.5 Å². The molecule has 1 aliphatic carbocycles. The summed E-state index contributed by atoms with van der Waals surface area (Å²) >= 11 is 0. The zero-order valence-electron chi connectivity index (χ0n) is 26.1. The van der Waals surface area contributed by atoms with Gasteiger partial charge in [-0.2, -0.15) is 0 Å². The maximum Gasteiger partial charge on any atom is 0.253 e. The van der Waals surface area contributed by atoms with Crippen LogP contribution >= 0.6 is 0 Å². The van der Waals surface area contributed by atoms with E-state index in [1.165, 1.54) is 12.1 Å². The number of nitrogens with one attached hydrogen (secondary N) is 2. The Morgan fingerprint density at radius 3 is 2.69 bits per heavy atom. The number of halogens is 1. The van der Waals surface area contributed by atoms with Crippen LogP contribution in [0.1, 0.15) is 82.0 Å². The number of aliphatic hydroxyl groups is 1. The topological polar surface area (TPSA) is 90.9 Å². The molecule has 3 aromatic carbocycles. The van der Waals surface area contributed by atoms with Gasteiger partial charge in [-0.1, -0.05) is 25.0 Å². The number of carbonyl (C=O) groups is 2. The number of nitrogens with zero attached hydrogens (tertiary/aromatic N) is 1. The molecule has 2 aliphatic rings. The summed E-state index contributed by atoms with van der Waals surface area (Å²) in [6.45, 7) is 5.59. The Labute approximate surface area is 265 Å². The molecule has 45 heavy (non-hydrogen) atoms. The molecule has 1 heterocycles. The first-order valence-corrected chi connectivity index (χ1v) is 15.8. The molecule has 1 aliphatic heterocycles. The minimum atomic E-state index is -1.01. The van der Waals surface area contributed by atoms with Crippen LogP contribution in [-0.4, -0.2) is 60.2 Å². The molecule has 0 radical (unpaired) electrons. The van der Waals surface area contributed by atoms with Gasteiger partial charge in [0, 0.05) is 47.9 Å². The second-order valence-corrected chi connectivity index (χ2v) is 12.3. The van der Waals surface area contributed by atoms with Crippen molar-refractivity contribution >= 4 is 11.8 Å². The number of terminal acetylenes is 1. The Bertz CT molecular complexity index is 1580. The van der Waals surface area contributed by atoms with Crippen molar-refractivity contribution in [2.45, 2.75) is 70.1 Å². The van der Waals surface area contributed by atoms with Gasteiger partial charge in [-0.3, -0.25) is 9.59 Å². The first-order chi connectivity index (χ1) is 21.7. The highest BCUT2D eigenvalue weighted by Gasteiger charge is 2.44.